The van der Waals surface area contributed by atoms with Crippen LogP contribution in [0, 0.1) is 0 Å². The average Bonchev–Trinajstić information content (AvgIpc) is 3.20. The Bertz CT molecular complexity index is 1160. The third-order valence-electron chi connectivity index (χ3n) is 4.10. The van der Waals surface area contributed by atoms with Crippen molar-refractivity contribution in [1.82, 2.24) is 19.5 Å². The molecular weight excluding hydrogens is 368 g/mol. The van der Waals surface area contributed by atoms with Gasteiger partial charge in [0.15, 0.2) is 0 Å². The Labute approximate surface area is 158 Å². The number of pyridine rings is 2. The van der Waals surface area contributed by atoms with Gasteiger partial charge >= 0.3 is 5.97 Å². The van der Waals surface area contributed by atoms with E-state index in [1.165, 1.54) is 19.4 Å². The minimum absolute atomic E-state index is 0.0350. The maximum absolute atomic E-state index is 11.5. The van der Waals surface area contributed by atoms with Crippen LogP contribution >= 0.6 is 11.6 Å². The smallest absolute Gasteiger partial charge is 0.341 e. The summed E-state index contributed by atoms with van der Waals surface area (Å²) in [5.74, 6) is -1.08. The standard InChI is InChI=1S/C19H13ClN4O3/c1-27-18-14(19(25)26)6-11(9-22-18)15-8-17(24-5-4-21-10-24)13-3-2-12(20)7-16(13)23-15/h2-10H,1H3,(H,25,26). The Hall–Kier alpha value is -3.45. The normalized spacial score (nSPS) is 10.9. The van der Waals surface area contributed by atoms with Crippen molar-refractivity contribution in [3.8, 4) is 22.8 Å². The van der Waals surface area contributed by atoms with Crippen LogP contribution < -0.4 is 4.74 Å². The highest BCUT2D eigenvalue weighted by Gasteiger charge is 2.16. The van der Waals surface area contributed by atoms with Crippen molar-refractivity contribution >= 4 is 28.5 Å². The monoisotopic (exact) mass is 380 g/mol. The van der Waals surface area contributed by atoms with Crippen molar-refractivity contribution in [1.29, 1.82) is 0 Å². The van der Waals surface area contributed by atoms with Gasteiger partial charge in [-0.3, -0.25) is 0 Å². The number of nitrogens with zero attached hydrogens (tertiary/aromatic N) is 4. The van der Waals surface area contributed by atoms with Crippen LogP contribution in [0.5, 0.6) is 5.88 Å². The number of aromatic carboxylic acids is 1. The molecule has 8 heteroatoms. The van der Waals surface area contributed by atoms with Crippen molar-refractivity contribution in [3.63, 3.8) is 0 Å². The number of fused-ring (bicyclic) bond motifs is 1. The van der Waals surface area contributed by atoms with Crippen LogP contribution in [0.1, 0.15) is 10.4 Å². The second kappa shape index (κ2) is 6.69. The van der Waals surface area contributed by atoms with Gasteiger partial charge in [0, 0.05) is 34.6 Å². The molecule has 1 N–H and O–H groups in total. The van der Waals surface area contributed by atoms with E-state index in [-0.39, 0.29) is 11.4 Å². The Morgan fingerprint density at radius 2 is 2.11 bits per heavy atom. The minimum atomic E-state index is -1.13. The maximum atomic E-state index is 11.5. The summed E-state index contributed by atoms with van der Waals surface area (Å²) >= 11 is 6.13. The molecule has 0 aliphatic rings. The third-order valence-corrected chi connectivity index (χ3v) is 4.34. The van der Waals surface area contributed by atoms with E-state index < -0.39 is 5.97 Å². The van der Waals surface area contributed by atoms with Gasteiger partial charge in [0.2, 0.25) is 5.88 Å². The Kier molecular flexibility index (Phi) is 4.21. The molecule has 0 saturated heterocycles. The molecule has 27 heavy (non-hydrogen) atoms. The lowest BCUT2D eigenvalue weighted by Crippen LogP contribution is -2.03. The molecule has 0 fully saturated rings. The van der Waals surface area contributed by atoms with E-state index >= 15 is 0 Å². The number of hydrogen-bond acceptors (Lipinski definition) is 5. The maximum Gasteiger partial charge on any atom is 0.341 e. The molecule has 0 aliphatic heterocycles. The van der Waals surface area contributed by atoms with Crippen LogP contribution in [0.4, 0.5) is 0 Å². The Morgan fingerprint density at radius 1 is 1.26 bits per heavy atom. The summed E-state index contributed by atoms with van der Waals surface area (Å²) in [6.45, 7) is 0. The summed E-state index contributed by atoms with van der Waals surface area (Å²) in [4.78, 5) is 24.3. The van der Waals surface area contributed by atoms with Gasteiger partial charge in [0.1, 0.15) is 5.56 Å². The molecule has 3 heterocycles. The highest BCUT2D eigenvalue weighted by Crippen LogP contribution is 2.30. The highest BCUT2D eigenvalue weighted by molar-refractivity contribution is 6.31. The summed E-state index contributed by atoms with van der Waals surface area (Å²) in [7, 11) is 1.38. The number of carboxylic acid groups (broad SMARTS) is 1. The lowest BCUT2D eigenvalue weighted by atomic mass is 10.1. The SMILES string of the molecule is COc1ncc(-c2cc(-n3ccnc3)c3ccc(Cl)cc3n2)cc1C(=O)O. The molecule has 0 amide bonds. The molecule has 7 nitrogen and oxygen atoms in total. The third kappa shape index (κ3) is 3.09. The van der Waals surface area contributed by atoms with Crippen LogP contribution in [0.2, 0.25) is 5.02 Å². The first-order chi connectivity index (χ1) is 13.1. The van der Waals surface area contributed by atoms with Crippen LogP contribution in [-0.2, 0) is 0 Å². The van der Waals surface area contributed by atoms with Gasteiger partial charge in [-0.1, -0.05) is 11.6 Å². The first-order valence-corrected chi connectivity index (χ1v) is 8.31. The predicted molar refractivity (Wildman–Crippen MR) is 101 cm³/mol. The molecule has 1 aromatic carbocycles. The minimum Gasteiger partial charge on any atom is -0.480 e. The zero-order valence-electron chi connectivity index (χ0n) is 14.1. The molecule has 0 spiro atoms. The summed E-state index contributed by atoms with van der Waals surface area (Å²) in [6, 6.07) is 8.79. The zero-order chi connectivity index (χ0) is 19.0. The van der Waals surface area contributed by atoms with Gasteiger partial charge in [-0.05, 0) is 30.3 Å². The molecule has 0 aliphatic carbocycles. The molecule has 134 valence electrons. The van der Waals surface area contributed by atoms with E-state index in [0.29, 0.717) is 21.8 Å². The predicted octanol–water partition coefficient (Wildman–Crippen LogP) is 3.84. The summed E-state index contributed by atoms with van der Waals surface area (Å²) in [5, 5.41) is 10.9. The first-order valence-electron chi connectivity index (χ1n) is 7.93. The van der Waals surface area contributed by atoms with Gasteiger partial charge in [0.25, 0.3) is 0 Å². The molecule has 4 aromatic rings. The number of rotatable bonds is 4. The van der Waals surface area contributed by atoms with Gasteiger partial charge in [-0.25, -0.2) is 19.7 Å². The number of benzene rings is 1. The summed E-state index contributed by atoms with van der Waals surface area (Å²) < 4.78 is 6.88. The molecule has 0 atom stereocenters. The van der Waals surface area contributed by atoms with Crippen LogP contribution in [0.15, 0.2) is 55.2 Å². The number of methoxy groups -OCH3 is 1. The fourth-order valence-corrected chi connectivity index (χ4v) is 3.02. The molecule has 4 rings (SSSR count). The first kappa shape index (κ1) is 17.0. The molecule has 0 saturated carbocycles. The Morgan fingerprint density at radius 3 is 2.81 bits per heavy atom. The van der Waals surface area contributed by atoms with E-state index in [9.17, 15) is 9.90 Å². The lowest BCUT2D eigenvalue weighted by Gasteiger charge is -2.12. The molecule has 0 radical (unpaired) electrons. The van der Waals surface area contributed by atoms with Crippen molar-refractivity contribution in [3.05, 3.63) is 65.8 Å². The number of halogens is 1. The summed E-state index contributed by atoms with van der Waals surface area (Å²) in [5.41, 5.74) is 2.60. The molecule has 0 bridgehead atoms. The molecular formula is C19H13ClN4O3. The second-order valence-electron chi connectivity index (χ2n) is 5.74. The van der Waals surface area contributed by atoms with E-state index in [1.807, 2.05) is 22.9 Å². The van der Waals surface area contributed by atoms with Crippen LogP contribution in [0.3, 0.4) is 0 Å². The number of carbonyl (C=O) groups is 1. The van der Waals surface area contributed by atoms with Crippen molar-refractivity contribution in [2.45, 2.75) is 0 Å². The average molecular weight is 381 g/mol. The number of carboxylic acids is 1. The number of imidazole rings is 1. The van der Waals surface area contributed by atoms with E-state index in [1.54, 1.807) is 24.7 Å². The van der Waals surface area contributed by atoms with Crippen LogP contribution in [-0.4, -0.2) is 37.7 Å². The van der Waals surface area contributed by atoms with Crippen molar-refractivity contribution in [2.24, 2.45) is 0 Å². The van der Waals surface area contributed by atoms with E-state index in [2.05, 4.69) is 15.0 Å². The topological polar surface area (TPSA) is 90.1 Å². The number of ether oxygens (including phenoxy) is 1. The quantitative estimate of drug-likeness (QED) is 0.578. The fraction of sp³-hybridized carbons (Fsp3) is 0.0526. The number of hydrogen-bond donors (Lipinski definition) is 1. The summed E-state index contributed by atoms with van der Waals surface area (Å²) in [6.07, 6.45) is 6.71. The van der Waals surface area contributed by atoms with E-state index in [0.717, 1.165) is 11.1 Å². The molecule has 0 unspecified atom stereocenters. The molecule has 3 aromatic heterocycles. The zero-order valence-corrected chi connectivity index (χ0v) is 14.9. The van der Waals surface area contributed by atoms with Gasteiger partial charge < -0.3 is 14.4 Å². The van der Waals surface area contributed by atoms with E-state index in [4.69, 9.17) is 16.3 Å². The lowest BCUT2D eigenvalue weighted by molar-refractivity contribution is 0.0692. The van der Waals surface area contributed by atoms with Gasteiger partial charge in [0.05, 0.1) is 30.3 Å². The largest absolute Gasteiger partial charge is 0.480 e. The van der Waals surface area contributed by atoms with Gasteiger partial charge in [-0.2, -0.15) is 0 Å². The highest BCUT2D eigenvalue weighted by atomic mass is 35.5. The number of aromatic nitrogens is 4. The second-order valence-corrected chi connectivity index (χ2v) is 6.18. The van der Waals surface area contributed by atoms with Crippen LogP contribution in [0.25, 0.3) is 27.8 Å². The Balaban J connectivity index is 1.98. The van der Waals surface area contributed by atoms with Crippen molar-refractivity contribution in [2.75, 3.05) is 7.11 Å². The van der Waals surface area contributed by atoms with Crippen molar-refractivity contribution < 1.29 is 14.6 Å². The fourth-order valence-electron chi connectivity index (χ4n) is 2.85. The van der Waals surface area contributed by atoms with Gasteiger partial charge in [-0.15, -0.1) is 0 Å².